The first-order chi connectivity index (χ1) is 17.6. The number of amides is 3. The van der Waals surface area contributed by atoms with E-state index in [0.29, 0.717) is 31.5 Å². The van der Waals surface area contributed by atoms with Crippen LogP contribution in [0.4, 0.5) is 10.5 Å². The highest BCUT2D eigenvalue weighted by Crippen LogP contribution is 2.33. The van der Waals surface area contributed by atoms with E-state index in [-0.39, 0.29) is 18.0 Å². The van der Waals surface area contributed by atoms with Crippen molar-refractivity contribution < 1.29 is 14.3 Å². The minimum atomic E-state index is -0.132. The molecule has 3 aromatic carbocycles. The lowest BCUT2D eigenvalue weighted by molar-refractivity contribution is 0.0714. The summed E-state index contributed by atoms with van der Waals surface area (Å²) in [6, 6.07) is 23.1. The zero-order valence-electron chi connectivity index (χ0n) is 20.3. The molecule has 184 valence electrons. The average Bonchev–Trinajstić information content (AvgIpc) is 3.37. The summed E-state index contributed by atoms with van der Waals surface area (Å²) in [5.41, 5.74) is 3.34. The summed E-state index contributed by atoms with van der Waals surface area (Å²) in [6.45, 7) is 1.18. The number of fused-ring (bicyclic) bond motifs is 1. The number of likely N-dealkylation sites (tertiary alicyclic amines) is 1. The minimum Gasteiger partial charge on any atom is -0.497 e. The van der Waals surface area contributed by atoms with Crippen LogP contribution in [0.1, 0.15) is 23.2 Å². The molecule has 1 fully saturated rings. The Morgan fingerprint density at radius 1 is 1.03 bits per heavy atom. The monoisotopic (exact) mass is 500 g/mol. The molecular weight excluding hydrogens is 472 g/mol. The first-order valence-corrected chi connectivity index (χ1v) is 12.8. The van der Waals surface area contributed by atoms with Crippen LogP contribution in [-0.4, -0.2) is 55.1 Å². The SMILES string of the molecule is CNC(=O)N(c1ccccc1)C1CCN(C(=O)c2cccc(-c3nc4ccc(OC)cc4s3)c2)CC1. The predicted molar refractivity (Wildman–Crippen MR) is 144 cm³/mol. The lowest BCUT2D eigenvalue weighted by Crippen LogP contribution is -2.51. The molecule has 2 heterocycles. The van der Waals surface area contributed by atoms with Gasteiger partial charge in [-0.15, -0.1) is 11.3 Å². The third-order valence-electron chi connectivity index (χ3n) is 6.54. The Morgan fingerprint density at radius 2 is 1.81 bits per heavy atom. The van der Waals surface area contributed by atoms with E-state index in [2.05, 4.69) is 5.32 Å². The number of benzene rings is 3. The van der Waals surface area contributed by atoms with Crippen molar-refractivity contribution in [3.05, 3.63) is 78.4 Å². The minimum absolute atomic E-state index is 0.00397. The van der Waals surface area contributed by atoms with Crippen LogP contribution in [0, 0.1) is 0 Å². The largest absolute Gasteiger partial charge is 0.497 e. The maximum atomic E-state index is 13.4. The number of hydrogen-bond acceptors (Lipinski definition) is 5. The molecule has 0 bridgehead atoms. The second-order valence-corrected chi connectivity index (χ2v) is 9.75. The molecule has 3 amide bonds. The number of carbonyl (C=O) groups is 2. The molecule has 7 nitrogen and oxygen atoms in total. The highest BCUT2D eigenvalue weighted by Gasteiger charge is 2.30. The van der Waals surface area contributed by atoms with E-state index < -0.39 is 0 Å². The zero-order valence-corrected chi connectivity index (χ0v) is 21.1. The normalized spacial score (nSPS) is 14.0. The van der Waals surface area contributed by atoms with E-state index in [9.17, 15) is 9.59 Å². The van der Waals surface area contributed by atoms with E-state index >= 15 is 0 Å². The molecule has 5 rings (SSSR count). The Kier molecular flexibility index (Phi) is 6.86. The quantitative estimate of drug-likeness (QED) is 0.397. The average molecular weight is 501 g/mol. The molecule has 0 saturated carbocycles. The van der Waals surface area contributed by atoms with E-state index in [4.69, 9.17) is 9.72 Å². The fraction of sp³-hybridized carbons (Fsp3) is 0.250. The van der Waals surface area contributed by atoms with E-state index in [1.807, 2.05) is 82.6 Å². The van der Waals surface area contributed by atoms with E-state index in [1.54, 1.807) is 25.5 Å². The van der Waals surface area contributed by atoms with E-state index in [0.717, 1.165) is 32.2 Å². The summed E-state index contributed by atoms with van der Waals surface area (Å²) >= 11 is 1.58. The maximum absolute atomic E-state index is 13.4. The molecule has 1 saturated heterocycles. The fourth-order valence-electron chi connectivity index (χ4n) is 4.65. The van der Waals surface area contributed by atoms with Crippen molar-refractivity contribution in [2.24, 2.45) is 0 Å². The van der Waals surface area contributed by atoms with E-state index in [1.165, 1.54) is 0 Å². The van der Waals surface area contributed by atoms with Crippen LogP contribution in [0.2, 0.25) is 0 Å². The van der Waals surface area contributed by atoms with Gasteiger partial charge in [-0.3, -0.25) is 9.69 Å². The molecule has 0 atom stereocenters. The molecule has 0 unspecified atom stereocenters. The van der Waals surface area contributed by atoms with Crippen LogP contribution in [-0.2, 0) is 0 Å². The lowest BCUT2D eigenvalue weighted by atomic mass is 10.0. The van der Waals surface area contributed by atoms with Gasteiger partial charge in [0.15, 0.2) is 0 Å². The Bertz CT molecular complexity index is 1380. The molecule has 1 aliphatic rings. The van der Waals surface area contributed by atoms with Gasteiger partial charge in [-0.1, -0.05) is 30.3 Å². The van der Waals surface area contributed by atoms with Crippen LogP contribution in [0.5, 0.6) is 5.75 Å². The first-order valence-electron chi connectivity index (χ1n) is 12.0. The zero-order chi connectivity index (χ0) is 25.1. The third kappa shape index (κ3) is 4.77. The Labute approximate surface area is 214 Å². The van der Waals surface area contributed by atoms with Gasteiger partial charge in [-0.2, -0.15) is 0 Å². The van der Waals surface area contributed by atoms with Crippen LogP contribution in [0.25, 0.3) is 20.8 Å². The summed E-state index contributed by atoms with van der Waals surface area (Å²) in [5.74, 6) is 0.802. The smallest absolute Gasteiger partial charge is 0.321 e. The number of para-hydroxylation sites is 1. The Hall–Kier alpha value is -3.91. The van der Waals surface area contributed by atoms with Gasteiger partial charge in [0, 0.05) is 43.0 Å². The van der Waals surface area contributed by atoms with Crippen LogP contribution < -0.4 is 15.0 Å². The van der Waals surface area contributed by atoms with Crippen LogP contribution >= 0.6 is 11.3 Å². The molecule has 0 radical (unpaired) electrons. The molecule has 1 aromatic heterocycles. The number of hydrogen-bond donors (Lipinski definition) is 1. The van der Waals surface area contributed by atoms with Gasteiger partial charge >= 0.3 is 6.03 Å². The number of aromatic nitrogens is 1. The second-order valence-electron chi connectivity index (χ2n) is 8.72. The number of anilines is 1. The summed E-state index contributed by atoms with van der Waals surface area (Å²) in [7, 11) is 3.30. The van der Waals surface area contributed by atoms with Gasteiger partial charge in [-0.05, 0) is 55.3 Å². The number of carbonyl (C=O) groups excluding carboxylic acids is 2. The maximum Gasteiger partial charge on any atom is 0.321 e. The fourth-order valence-corrected chi connectivity index (χ4v) is 5.64. The number of methoxy groups -OCH3 is 1. The number of ether oxygens (including phenoxy) is 1. The van der Waals surface area contributed by atoms with Gasteiger partial charge in [0.2, 0.25) is 0 Å². The molecular formula is C28H28N4O3S. The molecule has 8 heteroatoms. The number of nitrogens with zero attached hydrogens (tertiary/aromatic N) is 3. The summed E-state index contributed by atoms with van der Waals surface area (Å²) in [4.78, 5) is 34.5. The highest BCUT2D eigenvalue weighted by atomic mass is 32.1. The summed E-state index contributed by atoms with van der Waals surface area (Å²) < 4.78 is 6.37. The predicted octanol–water partition coefficient (Wildman–Crippen LogP) is 5.42. The topological polar surface area (TPSA) is 74.8 Å². The molecule has 1 N–H and O–H groups in total. The Balaban J connectivity index is 1.30. The van der Waals surface area contributed by atoms with Gasteiger partial charge in [0.1, 0.15) is 10.8 Å². The molecule has 4 aromatic rings. The summed E-state index contributed by atoms with van der Waals surface area (Å²) in [5, 5.41) is 3.62. The lowest BCUT2D eigenvalue weighted by Gasteiger charge is -2.38. The molecule has 0 spiro atoms. The van der Waals surface area contributed by atoms with Gasteiger partial charge < -0.3 is 15.0 Å². The molecule has 1 aliphatic heterocycles. The van der Waals surface area contributed by atoms with Crippen LogP contribution in [0.3, 0.4) is 0 Å². The van der Waals surface area contributed by atoms with Crippen LogP contribution in [0.15, 0.2) is 72.8 Å². The Morgan fingerprint density at radius 3 is 2.53 bits per heavy atom. The molecule has 36 heavy (non-hydrogen) atoms. The van der Waals surface area contributed by atoms with Crippen molar-refractivity contribution in [3.8, 4) is 16.3 Å². The van der Waals surface area contributed by atoms with Crippen molar-refractivity contribution in [3.63, 3.8) is 0 Å². The van der Waals surface area contributed by atoms with Gasteiger partial charge in [0.05, 0.1) is 17.3 Å². The second kappa shape index (κ2) is 10.4. The number of urea groups is 1. The summed E-state index contributed by atoms with van der Waals surface area (Å²) in [6.07, 6.45) is 1.43. The molecule has 0 aliphatic carbocycles. The standard InChI is InChI=1S/C28H28N4O3S/c1-29-28(34)32(21-9-4-3-5-10-21)22-13-15-31(16-14-22)27(33)20-8-6-7-19(17-20)26-30-24-12-11-23(35-2)18-25(24)36-26/h3-12,17-18,22H,13-16H2,1-2H3,(H,29,34). The van der Waals surface area contributed by atoms with Crippen molar-refractivity contribution in [2.45, 2.75) is 18.9 Å². The third-order valence-corrected chi connectivity index (χ3v) is 7.60. The van der Waals surface area contributed by atoms with Gasteiger partial charge in [0.25, 0.3) is 5.91 Å². The van der Waals surface area contributed by atoms with Crippen molar-refractivity contribution in [1.82, 2.24) is 15.2 Å². The van der Waals surface area contributed by atoms with Crippen molar-refractivity contribution >= 4 is 39.2 Å². The van der Waals surface area contributed by atoms with Crippen molar-refractivity contribution in [1.29, 1.82) is 0 Å². The number of nitrogens with one attached hydrogen (secondary N) is 1. The highest BCUT2D eigenvalue weighted by molar-refractivity contribution is 7.21. The number of piperidine rings is 1. The first kappa shape index (κ1) is 23.8. The number of thiazole rings is 1. The number of rotatable bonds is 5. The van der Waals surface area contributed by atoms with Gasteiger partial charge in [-0.25, -0.2) is 9.78 Å². The van der Waals surface area contributed by atoms with Crippen molar-refractivity contribution in [2.75, 3.05) is 32.1 Å².